The summed E-state index contributed by atoms with van der Waals surface area (Å²) in [4.78, 5) is 12.8. The third-order valence-corrected chi connectivity index (χ3v) is 4.14. The molecule has 1 aliphatic heterocycles. The molecule has 5 nitrogen and oxygen atoms in total. The van der Waals surface area contributed by atoms with Gasteiger partial charge in [-0.05, 0) is 44.0 Å². The Balaban J connectivity index is 0.00000288. The molecule has 2 rings (SSSR count). The van der Waals surface area contributed by atoms with Gasteiger partial charge in [-0.15, -0.1) is 12.4 Å². The van der Waals surface area contributed by atoms with E-state index in [9.17, 15) is 4.79 Å². The SMILES string of the molecule is COCC1(C(=O)Nc2cccc(OCC(C)C)c2)CCNCC1.Cl. The van der Waals surface area contributed by atoms with E-state index >= 15 is 0 Å². The van der Waals surface area contributed by atoms with Crippen LogP contribution in [0.5, 0.6) is 5.75 Å². The van der Waals surface area contributed by atoms with Gasteiger partial charge in [0.2, 0.25) is 5.91 Å². The lowest BCUT2D eigenvalue weighted by atomic mass is 9.78. The monoisotopic (exact) mass is 356 g/mol. The average Bonchev–Trinajstić information content (AvgIpc) is 2.54. The standard InChI is InChI=1S/C18H28N2O3.ClH/c1-14(2)12-23-16-6-4-5-15(11-16)20-17(21)18(13-22-3)7-9-19-10-8-18;/h4-6,11,14,19H,7-10,12-13H2,1-3H3,(H,20,21);1H. The highest BCUT2D eigenvalue weighted by Crippen LogP contribution is 2.31. The maximum Gasteiger partial charge on any atom is 0.233 e. The molecule has 1 saturated heterocycles. The largest absolute Gasteiger partial charge is 0.493 e. The van der Waals surface area contributed by atoms with Crippen LogP contribution in [0, 0.1) is 11.3 Å². The summed E-state index contributed by atoms with van der Waals surface area (Å²) in [5.74, 6) is 1.28. The minimum Gasteiger partial charge on any atom is -0.493 e. The van der Waals surface area contributed by atoms with Crippen molar-refractivity contribution in [3.05, 3.63) is 24.3 Å². The number of benzene rings is 1. The topological polar surface area (TPSA) is 59.6 Å². The highest BCUT2D eigenvalue weighted by molar-refractivity contribution is 5.95. The summed E-state index contributed by atoms with van der Waals surface area (Å²) in [6.07, 6.45) is 1.58. The Bertz CT molecular complexity index is 511. The smallest absolute Gasteiger partial charge is 0.233 e. The molecule has 1 heterocycles. The van der Waals surface area contributed by atoms with Crippen molar-refractivity contribution in [2.75, 3.05) is 38.7 Å². The number of nitrogens with one attached hydrogen (secondary N) is 2. The number of anilines is 1. The fourth-order valence-corrected chi connectivity index (χ4v) is 2.81. The Kier molecular flexibility index (Phi) is 8.53. The summed E-state index contributed by atoms with van der Waals surface area (Å²) in [5, 5.41) is 6.34. The van der Waals surface area contributed by atoms with Gasteiger partial charge >= 0.3 is 0 Å². The van der Waals surface area contributed by atoms with Crippen LogP contribution in [0.25, 0.3) is 0 Å². The zero-order valence-corrected chi connectivity index (χ0v) is 15.6. The number of hydrogen-bond donors (Lipinski definition) is 2. The van der Waals surface area contributed by atoms with Gasteiger partial charge in [-0.3, -0.25) is 4.79 Å². The molecule has 0 saturated carbocycles. The van der Waals surface area contributed by atoms with Gasteiger partial charge in [0, 0.05) is 18.9 Å². The molecule has 2 N–H and O–H groups in total. The number of rotatable bonds is 7. The third kappa shape index (κ3) is 5.65. The first-order chi connectivity index (χ1) is 11.1. The van der Waals surface area contributed by atoms with E-state index in [0.717, 1.165) is 37.4 Å². The molecule has 136 valence electrons. The van der Waals surface area contributed by atoms with Gasteiger partial charge in [0.05, 0.1) is 18.6 Å². The number of carbonyl (C=O) groups is 1. The second-order valence-corrected chi connectivity index (χ2v) is 6.65. The Labute approximate surface area is 150 Å². The summed E-state index contributed by atoms with van der Waals surface area (Å²) in [5.41, 5.74) is 0.319. The molecular formula is C18H29ClN2O3. The van der Waals surface area contributed by atoms with Crippen LogP contribution in [0.3, 0.4) is 0 Å². The van der Waals surface area contributed by atoms with Crippen molar-refractivity contribution in [3.63, 3.8) is 0 Å². The van der Waals surface area contributed by atoms with Gasteiger partial charge < -0.3 is 20.1 Å². The van der Waals surface area contributed by atoms with Gasteiger partial charge in [-0.2, -0.15) is 0 Å². The van der Waals surface area contributed by atoms with E-state index in [1.807, 2.05) is 24.3 Å². The molecule has 0 unspecified atom stereocenters. The van der Waals surface area contributed by atoms with Crippen molar-refractivity contribution in [2.45, 2.75) is 26.7 Å². The minimum absolute atomic E-state index is 0. The van der Waals surface area contributed by atoms with E-state index in [1.54, 1.807) is 7.11 Å². The Hall–Kier alpha value is -1.30. The number of ether oxygens (including phenoxy) is 2. The number of piperidine rings is 1. The quantitative estimate of drug-likeness (QED) is 0.788. The van der Waals surface area contributed by atoms with E-state index in [1.165, 1.54) is 0 Å². The van der Waals surface area contributed by atoms with E-state index in [0.29, 0.717) is 19.1 Å². The lowest BCUT2D eigenvalue weighted by Crippen LogP contribution is -2.47. The lowest BCUT2D eigenvalue weighted by Gasteiger charge is -2.35. The normalized spacial score (nSPS) is 16.3. The fourth-order valence-electron chi connectivity index (χ4n) is 2.81. The van der Waals surface area contributed by atoms with Crippen LogP contribution in [0.15, 0.2) is 24.3 Å². The first-order valence-corrected chi connectivity index (χ1v) is 8.30. The zero-order valence-electron chi connectivity index (χ0n) is 14.8. The first-order valence-electron chi connectivity index (χ1n) is 8.30. The molecule has 1 fully saturated rings. The predicted octanol–water partition coefficient (Wildman–Crippen LogP) is 3.10. The molecule has 1 aromatic rings. The Morgan fingerprint density at radius 2 is 2.04 bits per heavy atom. The summed E-state index contributed by atoms with van der Waals surface area (Å²) < 4.78 is 11.0. The van der Waals surface area contributed by atoms with Crippen molar-refractivity contribution >= 4 is 24.0 Å². The molecule has 24 heavy (non-hydrogen) atoms. The molecule has 0 radical (unpaired) electrons. The van der Waals surface area contributed by atoms with E-state index in [-0.39, 0.29) is 18.3 Å². The third-order valence-electron chi connectivity index (χ3n) is 4.14. The molecule has 6 heteroatoms. The lowest BCUT2D eigenvalue weighted by molar-refractivity contribution is -0.130. The molecule has 0 bridgehead atoms. The van der Waals surface area contributed by atoms with Crippen LogP contribution in [0.4, 0.5) is 5.69 Å². The molecule has 1 aliphatic rings. The summed E-state index contributed by atoms with van der Waals surface area (Å²) in [7, 11) is 1.65. The van der Waals surface area contributed by atoms with E-state index in [4.69, 9.17) is 9.47 Å². The predicted molar refractivity (Wildman–Crippen MR) is 99.1 cm³/mol. The van der Waals surface area contributed by atoms with Crippen LogP contribution in [0.2, 0.25) is 0 Å². The first kappa shape index (κ1) is 20.7. The highest BCUT2D eigenvalue weighted by atomic mass is 35.5. The molecule has 0 atom stereocenters. The molecular weight excluding hydrogens is 328 g/mol. The molecule has 0 spiro atoms. The second-order valence-electron chi connectivity index (χ2n) is 6.65. The number of halogens is 1. The second kappa shape index (κ2) is 9.87. The van der Waals surface area contributed by atoms with Crippen molar-refractivity contribution < 1.29 is 14.3 Å². The van der Waals surface area contributed by atoms with Crippen LogP contribution >= 0.6 is 12.4 Å². The maximum absolute atomic E-state index is 12.8. The number of methoxy groups -OCH3 is 1. The van der Waals surface area contributed by atoms with Crippen molar-refractivity contribution in [1.29, 1.82) is 0 Å². The molecule has 0 aliphatic carbocycles. The number of amides is 1. The molecule has 0 aromatic heterocycles. The number of carbonyl (C=O) groups excluding carboxylic acids is 1. The van der Waals surface area contributed by atoms with E-state index in [2.05, 4.69) is 24.5 Å². The fraction of sp³-hybridized carbons (Fsp3) is 0.611. The average molecular weight is 357 g/mol. The van der Waals surface area contributed by atoms with Gasteiger partial charge in [0.25, 0.3) is 0 Å². The van der Waals surface area contributed by atoms with Crippen LogP contribution in [-0.4, -0.2) is 39.3 Å². The molecule has 1 amide bonds. The minimum atomic E-state index is -0.450. The van der Waals surface area contributed by atoms with Crippen molar-refractivity contribution in [2.24, 2.45) is 11.3 Å². The molecule has 1 aromatic carbocycles. The van der Waals surface area contributed by atoms with Gasteiger partial charge in [0.1, 0.15) is 5.75 Å². The van der Waals surface area contributed by atoms with Crippen LogP contribution in [0.1, 0.15) is 26.7 Å². The van der Waals surface area contributed by atoms with Crippen LogP contribution < -0.4 is 15.4 Å². The maximum atomic E-state index is 12.8. The summed E-state index contributed by atoms with van der Waals surface area (Å²) in [6, 6.07) is 7.58. The number of hydrogen-bond acceptors (Lipinski definition) is 4. The zero-order chi connectivity index (χ0) is 16.7. The highest BCUT2D eigenvalue weighted by Gasteiger charge is 2.39. The van der Waals surface area contributed by atoms with E-state index < -0.39 is 5.41 Å². The van der Waals surface area contributed by atoms with Crippen molar-refractivity contribution in [3.8, 4) is 5.75 Å². The van der Waals surface area contributed by atoms with Crippen molar-refractivity contribution in [1.82, 2.24) is 5.32 Å². The summed E-state index contributed by atoms with van der Waals surface area (Å²) >= 11 is 0. The van der Waals surface area contributed by atoms with Crippen LogP contribution in [-0.2, 0) is 9.53 Å². The summed E-state index contributed by atoms with van der Waals surface area (Å²) in [6.45, 7) is 7.01. The Morgan fingerprint density at radius 1 is 1.33 bits per heavy atom. The Morgan fingerprint density at radius 3 is 2.67 bits per heavy atom. The van der Waals surface area contributed by atoms with Gasteiger partial charge in [-0.25, -0.2) is 0 Å². The van der Waals surface area contributed by atoms with Gasteiger partial charge in [0.15, 0.2) is 0 Å². The van der Waals surface area contributed by atoms with Gasteiger partial charge in [-0.1, -0.05) is 19.9 Å².